The summed E-state index contributed by atoms with van der Waals surface area (Å²) >= 11 is 0. The first-order valence-electron chi connectivity index (χ1n) is 21.3. The molecule has 4 aliphatic carbocycles. The van der Waals surface area contributed by atoms with Crippen molar-refractivity contribution in [1.29, 1.82) is 0 Å². The second-order valence-corrected chi connectivity index (χ2v) is 20.0. The van der Waals surface area contributed by atoms with Crippen molar-refractivity contribution in [3.8, 4) is 11.6 Å². The lowest BCUT2D eigenvalue weighted by atomic mass is 9.82. The molecule has 2 aliphatic heterocycles. The third kappa shape index (κ3) is 8.78. The van der Waals surface area contributed by atoms with E-state index < -0.39 is 50.6 Å². The van der Waals surface area contributed by atoms with Crippen LogP contribution < -0.4 is 14.2 Å². The Balaban J connectivity index is 1.09. The molecule has 13 nitrogen and oxygen atoms in total. The smallest absolute Gasteiger partial charge is 0.306 e. The van der Waals surface area contributed by atoms with Crippen LogP contribution in [0.3, 0.4) is 0 Å². The summed E-state index contributed by atoms with van der Waals surface area (Å²) in [6.45, 7) is 4.95. The van der Waals surface area contributed by atoms with Crippen LogP contribution in [-0.2, 0) is 38.7 Å². The van der Waals surface area contributed by atoms with Gasteiger partial charge >= 0.3 is 5.97 Å². The van der Waals surface area contributed by atoms with E-state index in [0.29, 0.717) is 67.7 Å². The highest BCUT2D eigenvalue weighted by atomic mass is 32.2. The number of ketones is 1. The zero-order chi connectivity index (χ0) is 40.8. The van der Waals surface area contributed by atoms with E-state index in [0.717, 1.165) is 31.1 Å². The Labute approximate surface area is 341 Å². The van der Waals surface area contributed by atoms with Gasteiger partial charge in [-0.25, -0.2) is 13.4 Å². The highest BCUT2D eigenvalue weighted by Gasteiger charge is 2.62. The van der Waals surface area contributed by atoms with Crippen LogP contribution in [0.1, 0.15) is 90.9 Å². The highest BCUT2D eigenvalue weighted by molar-refractivity contribution is 7.90. The quantitative estimate of drug-likeness (QED) is 0.162. The van der Waals surface area contributed by atoms with E-state index in [1.165, 1.54) is 6.42 Å². The Hall–Kier alpha value is -4.04. The number of nitrogens with one attached hydrogen (secondary N) is 1. The van der Waals surface area contributed by atoms with Crippen LogP contribution in [-0.4, -0.2) is 92.2 Å². The van der Waals surface area contributed by atoms with E-state index in [4.69, 9.17) is 18.9 Å². The first kappa shape index (κ1) is 40.7. The van der Waals surface area contributed by atoms with Gasteiger partial charge in [-0.2, -0.15) is 0 Å². The maximum atomic E-state index is 15.0. The molecule has 1 aromatic carbocycles. The first-order valence-corrected chi connectivity index (χ1v) is 22.8. The summed E-state index contributed by atoms with van der Waals surface area (Å²) in [7, 11) is -2.25. The lowest BCUT2D eigenvalue weighted by Gasteiger charge is -2.32. The fraction of sp³-hybridized carbons (Fsp3) is 0.659. The van der Waals surface area contributed by atoms with Crippen LogP contribution in [0.25, 0.3) is 10.8 Å². The van der Waals surface area contributed by atoms with Crippen molar-refractivity contribution in [2.75, 3.05) is 26.9 Å². The molecule has 6 aliphatic rings. The maximum absolute atomic E-state index is 15.0. The number of allylic oxidation sites excluding steroid dienone is 2. The molecule has 0 radical (unpaired) electrons. The highest BCUT2D eigenvalue weighted by Crippen LogP contribution is 2.57. The molecule has 10 atom stereocenters. The number of esters is 1. The van der Waals surface area contributed by atoms with E-state index in [-0.39, 0.29) is 61.4 Å². The average Bonchev–Trinajstić information content (AvgIpc) is 4.15. The second kappa shape index (κ2) is 16.5. The summed E-state index contributed by atoms with van der Waals surface area (Å²) in [5, 5.41) is 0.889. The number of aromatic nitrogens is 1. The number of fused-ring (bicyclic) bond motifs is 4. The third-order valence-electron chi connectivity index (χ3n) is 13.6. The predicted molar refractivity (Wildman–Crippen MR) is 214 cm³/mol. The van der Waals surface area contributed by atoms with Crippen molar-refractivity contribution in [3.05, 3.63) is 42.6 Å². The minimum absolute atomic E-state index is 0.0652. The number of hydrogen-bond acceptors (Lipinski definition) is 11. The predicted octanol–water partition coefficient (Wildman–Crippen LogP) is 5.54. The van der Waals surface area contributed by atoms with Crippen molar-refractivity contribution >= 4 is 44.4 Å². The van der Waals surface area contributed by atoms with Crippen molar-refractivity contribution in [2.45, 2.75) is 114 Å². The maximum Gasteiger partial charge on any atom is 0.306 e. The number of carbonyl (C=O) groups excluding carboxylic acids is 4. The van der Waals surface area contributed by atoms with Gasteiger partial charge in [-0.1, -0.05) is 44.2 Å². The topological polar surface area (TPSA) is 167 Å². The number of carbonyl (C=O) groups is 4. The molecule has 0 bridgehead atoms. The number of amides is 2. The van der Waals surface area contributed by atoms with Crippen LogP contribution in [0.2, 0.25) is 0 Å². The van der Waals surface area contributed by atoms with Crippen LogP contribution in [0.5, 0.6) is 11.6 Å². The average molecular weight is 820 g/mol. The van der Waals surface area contributed by atoms with Gasteiger partial charge in [0.05, 0.1) is 48.4 Å². The molecule has 1 N–H and O–H groups in total. The molecule has 14 heteroatoms. The molecule has 314 valence electrons. The van der Waals surface area contributed by atoms with Gasteiger partial charge in [-0.05, 0) is 93.4 Å². The van der Waals surface area contributed by atoms with Crippen molar-refractivity contribution < 1.29 is 46.5 Å². The number of methoxy groups -OCH3 is 1. The van der Waals surface area contributed by atoms with Crippen LogP contribution in [0.4, 0.5) is 0 Å². The van der Waals surface area contributed by atoms with Gasteiger partial charge in [0.15, 0.2) is 5.78 Å². The standard InChI is InChI=1S/C44H57N3O10S/c1-26-8-4-5-9-30-22-44(30,43(51)46-58(52,53)33-12-13-33)23-38(48)37-20-32(57-41-35-11-7-6-10-34(35)39(24-45-41)55-15-14-54-3)25-47(37)42(50)36(27(2)16-26)21-40(49)56-31-18-28-17-29(28)19-31/h5-7,9-11,24,26-33,36-37H,4,8,12-23,25H2,1-3H3,(H,46,51)/b9-5-/t26-,27-,28+,29?,30-,31?,32-,36+,37+,44-/m1/s1. The molecule has 3 heterocycles. The van der Waals surface area contributed by atoms with Crippen LogP contribution in [0, 0.1) is 40.9 Å². The normalized spacial score (nSPS) is 34.2. The number of benzene rings is 1. The van der Waals surface area contributed by atoms with Crippen molar-refractivity contribution in [2.24, 2.45) is 40.9 Å². The SMILES string of the molecule is COCCOc1cnc(O[C@@H]2C[C@H]3C(=O)C[C@]4(C(=O)NS(=O)(=O)C5CC5)C[C@H]4/C=C\CC[C@@H](C)C[C@@H](C)[C@H](CC(=O)OC4CC5C[C@H]5C4)C(=O)N3C2)c2ccccc12. The van der Waals surface area contributed by atoms with Gasteiger partial charge in [0.2, 0.25) is 27.7 Å². The molecular formula is C44H57N3O10S. The summed E-state index contributed by atoms with van der Waals surface area (Å²) in [6.07, 6.45) is 11.2. The van der Waals surface area contributed by atoms with Crippen molar-refractivity contribution in [1.82, 2.24) is 14.6 Å². The molecular weight excluding hydrogens is 763 g/mol. The zero-order valence-corrected chi connectivity index (χ0v) is 34.6. The Morgan fingerprint density at radius 3 is 2.47 bits per heavy atom. The zero-order valence-electron chi connectivity index (χ0n) is 33.8. The number of pyridine rings is 1. The molecule has 4 saturated carbocycles. The van der Waals surface area contributed by atoms with Crippen molar-refractivity contribution in [3.63, 3.8) is 0 Å². The lowest BCUT2D eigenvalue weighted by molar-refractivity contribution is -0.155. The molecule has 2 amide bonds. The Bertz CT molecular complexity index is 2040. The number of rotatable bonds is 12. The minimum atomic E-state index is -3.86. The summed E-state index contributed by atoms with van der Waals surface area (Å²) < 4.78 is 51.9. The molecule has 1 saturated heterocycles. The number of sulfonamides is 1. The van der Waals surface area contributed by atoms with Gasteiger partial charge in [-0.15, -0.1) is 0 Å². The molecule has 2 unspecified atom stereocenters. The molecule has 0 spiro atoms. The van der Waals surface area contributed by atoms with Gasteiger partial charge < -0.3 is 23.8 Å². The van der Waals surface area contributed by atoms with E-state index in [1.54, 1.807) is 18.2 Å². The van der Waals surface area contributed by atoms with Crippen LogP contribution >= 0.6 is 0 Å². The summed E-state index contributed by atoms with van der Waals surface area (Å²) in [4.78, 5) is 63.4. The summed E-state index contributed by atoms with van der Waals surface area (Å²) in [6, 6.07) is 6.58. The Morgan fingerprint density at radius 2 is 1.72 bits per heavy atom. The number of hydrogen-bond donors (Lipinski definition) is 1. The summed E-state index contributed by atoms with van der Waals surface area (Å²) in [5.74, 6) is -0.556. The first-order chi connectivity index (χ1) is 27.8. The number of nitrogens with zero attached hydrogens (tertiary/aromatic N) is 2. The van der Waals surface area contributed by atoms with Gasteiger partial charge in [-0.3, -0.25) is 23.9 Å². The molecule has 8 rings (SSSR count). The Morgan fingerprint density at radius 1 is 0.966 bits per heavy atom. The van der Waals surface area contributed by atoms with Gasteiger partial charge in [0, 0.05) is 30.7 Å². The Kier molecular flexibility index (Phi) is 11.6. The fourth-order valence-electron chi connectivity index (χ4n) is 9.90. The number of Topliss-reactive ketones (excluding diaryl/α,β-unsaturated/α-hetero) is 1. The number of ether oxygens (including phenoxy) is 4. The molecule has 1 aromatic heterocycles. The van der Waals surface area contributed by atoms with Gasteiger partial charge in [0.1, 0.15) is 24.6 Å². The van der Waals surface area contributed by atoms with E-state index in [1.807, 2.05) is 43.3 Å². The van der Waals surface area contributed by atoms with E-state index in [2.05, 4.69) is 16.6 Å². The second-order valence-electron chi connectivity index (χ2n) is 18.1. The minimum Gasteiger partial charge on any atom is -0.489 e. The monoisotopic (exact) mass is 819 g/mol. The largest absolute Gasteiger partial charge is 0.489 e. The van der Waals surface area contributed by atoms with Crippen LogP contribution in [0.15, 0.2) is 42.6 Å². The van der Waals surface area contributed by atoms with Gasteiger partial charge in [0.25, 0.3) is 0 Å². The third-order valence-corrected chi connectivity index (χ3v) is 15.4. The fourth-order valence-corrected chi connectivity index (χ4v) is 11.3. The van der Waals surface area contributed by atoms with E-state index in [9.17, 15) is 22.8 Å². The van der Waals surface area contributed by atoms with E-state index >= 15 is 4.79 Å². The lowest BCUT2D eigenvalue weighted by Crippen LogP contribution is -2.47. The molecule has 5 fully saturated rings. The summed E-state index contributed by atoms with van der Waals surface area (Å²) in [5.41, 5.74) is -1.25. The molecule has 58 heavy (non-hydrogen) atoms. The molecule has 2 aromatic rings.